The predicted octanol–water partition coefficient (Wildman–Crippen LogP) is 0.582. The Morgan fingerprint density at radius 3 is 2.48 bits per heavy atom. The number of carboxylic acids is 1. The van der Waals surface area contributed by atoms with Crippen molar-refractivity contribution in [3.8, 4) is 5.75 Å². The van der Waals surface area contributed by atoms with Crippen LogP contribution in [0.3, 0.4) is 0 Å². The number of hydrogen-bond donors (Lipinski definition) is 2. The van der Waals surface area contributed by atoms with E-state index in [9.17, 15) is 18.0 Å². The summed E-state index contributed by atoms with van der Waals surface area (Å²) >= 11 is 0. The van der Waals surface area contributed by atoms with Crippen LogP contribution in [0, 0.1) is 0 Å². The van der Waals surface area contributed by atoms with Crippen LogP contribution >= 0.6 is 0 Å². The number of benzene rings is 1. The first-order chi connectivity index (χ1) is 11.9. The fourth-order valence-corrected chi connectivity index (χ4v) is 4.41. The molecular formula is C16H20N2O6S. The molecule has 0 spiro atoms. The molecule has 2 N–H and O–H groups in total. The minimum Gasteiger partial charge on any atom is -0.484 e. The fraction of sp³-hybridized carbons (Fsp3) is 0.500. The Morgan fingerprint density at radius 2 is 1.88 bits per heavy atom. The van der Waals surface area contributed by atoms with E-state index in [-0.39, 0.29) is 30.0 Å². The summed E-state index contributed by atoms with van der Waals surface area (Å²) in [6, 6.07) is 4.88. The van der Waals surface area contributed by atoms with Crippen molar-refractivity contribution in [3.63, 3.8) is 0 Å². The molecule has 8 nitrogen and oxygen atoms in total. The maximum Gasteiger partial charge on any atom is 0.322 e. The molecule has 1 atom stereocenters. The smallest absolute Gasteiger partial charge is 0.322 e. The average Bonchev–Trinajstić information content (AvgIpc) is 3.23. The molecule has 3 rings (SSSR count). The van der Waals surface area contributed by atoms with Gasteiger partial charge in [-0.15, -0.1) is 0 Å². The van der Waals surface area contributed by atoms with Crippen molar-refractivity contribution in [3.05, 3.63) is 24.3 Å². The molecular weight excluding hydrogens is 348 g/mol. The van der Waals surface area contributed by atoms with E-state index in [2.05, 4.69) is 5.32 Å². The van der Waals surface area contributed by atoms with E-state index in [4.69, 9.17) is 9.84 Å². The summed E-state index contributed by atoms with van der Waals surface area (Å²) in [4.78, 5) is 22.8. The highest BCUT2D eigenvalue weighted by molar-refractivity contribution is 7.89. The summed E-state index contributed by atoms with van der Waals surface area (Å²) in [6.45, 7) is 0.0642. The van der Waals surface area contributed by atoms with E-state index >= 15 is 0 Å². The van der Waals surface area contributed by atoms with Gasteiger partial charge in [0.25, 0.3) is 5.91 Å². The molecule has 1 heterocycles. The standard InChI is InChI=1S/C16H20N2O6S/c19-15(17-11-3-4-11)10-24-12-5-7-13(8-6-12)25(22,23)18-9-1-2-14(18)16(20)21/h5-8,11,14H,1-4,9-10H2,(H,17,19)(H,20,21)/t14-/m1/s1. The Kier molecular flexibility index (Phi) is 4.96. The van der Waals surface area contributed by atoms with Gasteiger partial charge in [0.1, 0.15) is 11.8 Å². The molecule has 2 aliphatic rings. The molecule has 0 aromatic heterocycles. The third-order valence-electron chi connectivity index (χ3n) is 4.23. The zero-order chi connectivity index (χ0) is 18.0. The quantitative estimate of drug-likeness (QED) is 0.728. The lowest BCUT2D eigenvalue weighted by atomic mass is 10.2. The van der Waals surface area contributed by atoms with E-state index in [1.807, 2.05) is 0 Å². The monoisotopic (exact) mass is 368 g/mol. The lowest BCUT2D eigenvalue weighted by molar-refractivity contribution is -0.140. The van der Waals surface area contributed by atoms with Gasteiger partial charge in [-0.2, -0.15) is 4.31 Å². The van der Waals surface area contributed by atoms with Gasteiger partial charge >= 0.3 is 5.97 Å². The summed E-state index contributed by atoms with van der Waals surface area (Å²) < 4.78 is 31.6. The van der Waals surface area contributed by atoms with Crippen molar-refractivity contribution in [1.82, 2.24) is 9.62 Å². The van der Waals surface area contributed by atoms with E-state index in [0.717, 1.165) is 17.1 Å². The van der Waals surface area contributed by atoms with Gasteiger partial charge in [0.05, 0.1) is 4.90 Å². The minimum absolute atomic E-state index is 0.00966. The Balaban J connectivity index is 1.64. The van der Waals surface area contributed by atoms with Crippen LogP contribution in [-0.4, -0.2) is 54.9 Å². The summed E-state index contributed by atoms with van der Waals surface area (Å²) in [7, 11) is -3.87. The molecule has 0 bridgehead atoms. The predicted molar refractivity (Wildman–Crippen MR) is 87.7 cm³/mol. The Labute approximate surface area is 145 Å². The first kappa shape index (κ1) is 17.7. The number of carboxylic acid groups (broad SMARTS) is 1. The van der Waals surface area contributed by atoms with Gasteiger partial charge in [0, 0.05) is 12.6 Å². The van der Waals surface area contributed by atoms with Crippen molar-refractivity contribution in [1.29, 1.82) is 0 Å². The topological polar surface area (TPSA) is 113 Å². The summed E-state index contributed by atoms with van der Waals surface area (Å²) in [6.07, 6.45) is 2.82. The van der Waals surface area contributed by atoms with Gasteiger partial charge < -0.3 is 15.2 Å². The highest BCUT2D eigenvalue weighted by Gasteiger charge is 2.39. The Bertz CT molecular complexity index is 757. The maximum atomic E-state index is 12.6. The summed E-state index contributed by atoms with van der Waals surface area (Å²) in [5, 5.41) is 12.0. The van der Waals surface area contributed by atoms with E-state index in [0.29, 0.717) is 18.6 Å². The number of aliphatic carboxylic acids is 1. The molecule has 136 valence electrons. The molecule has 1 aromatic carbocycles. The number of carbonyl (C=O) groups excluding carboxylic acids is 1. The van der Waals surface area contributed by atoms with Crippen LogP contribution in [0.4, 0.5) is 0 Å². The lowest BCUT2D eigenvalue weighted by Crippen LogP contribution is -2.40. The minimum atomic E-state index is -3.87. The third-order valence-corrected chi connectivity index (χ3v) is 6.15. The number of sulfonamides is 1. The number of hydrogen-bond acceptors (Lipinski definition) is 5. The largest absolute Gasteiger partial charge is 0.484 e. The normalized spacial score (nSPS) is 21.0. The first-order valence-corrected chi connectivity index (χ1v) is 9.59. The number of ether oxygens (including phenoxy) is 1. The van der Waals surface area contributed by atoms with Crippen molar-refractivity contribution in [2.24, 2.45) is 0 Å². The number of amides is 1. The van der Waals surface area contributed by atoms with Crippen LogP contribution in [0.2, 0.25) is 0 Å². The summed E-state index contributed by atoms with van der Waals surface area (Å²) in [5.41, 5.74) is 0. The molecule has 1 aliphatic carbocycles. The van der Waals surface area contributed by atoms with E-state index in [1.165, 1.54) is 24.3 Å². The number of carbonyl (C=O) groups is 2. The average molecular weight is 368 g/mol. The second-order valence-corrected chi connectivity index (χ2v) is 8.10. The highest BCUT2D eigenvalue weighted by Crippen LogP contribution is 2.27. The second-order valence-electron chi connectivity index (χ2n) is 6.21. The molecule has 1 saturated heterocycles. The van der Waals surface area contributed by atoms with Crippen LogP contribution in [0.15, 0.2) is 29.2 Å². The van der Waals surface area contributed by atoms with Gasteiger partial charge in [0.2, 0.25) is 10.0 Å². The van der Waals surface area contributed by atoms with Crippen LogP contribution in [0.25, 0.3) is 0 Å². The molecule has 2 fully saturated rings. The third kappa shape index (κ3) is 4.10. The molecule has 1 aliphatic heterocycles. The van der Waals surface area contributed by atoms with Gasteiger partial charge in [-0.3, -0.25) is 9.59 Å². The van der Waals surface area contributed by atoms with Crippen LogP contribution in [0.5, 0.6) is 5.75 Å². The van der Waals surface area contributed by atoms with E-state index in [1.54, 1.807) is 0 Å². The fourth-order valence-electron chi connectivity index (χ4n) is 2.76. The van der Waals surface area contributed by atoms with Crippen LogP contribution in [-0.2, 0) is 19.6 Å². The Morgan fingerprint density at radius 1 is 1.20 bits per heavy atom. The zero-order valence-electron chi connectivity index (χ0n) is 13.6. The van der Waals surface area contributed by atoms with Gasteiger partial charge in [-0.1, -0.05) is 0 Å². The van der Waals surface area contributed by atoms with Gasteiger partial charge in [-0.05, 0) is 49.9 Å². The molecule has 1 aromatic rings. The molecule has 1 amide bonds. The maximum absolute atomic E-state index is 12.6. The first-order valence-electron chi connectivity index (χ1n) is 8.15. The molecule has 0 unspecified atom stereocenters. The second kappa shape index (κ2) is 7.01. The zero-order valence-corrected chi connectivity index (χ0v) is 14.4. The van der Waals surface area contributed by atoms with E-state index < -0.39 is 22.0 Å². The number of rotatable bonds is 7. The van der Waals surface area contributed by atoms with Crippen molar-refractivity contribution < 1.29 is 27.9 Å². The van der Waals surface area contributed by atoms with Gasteiger partial charge in [-0.25, -0.2) is 8.42 Å². The van der Waals surface area contributed by atoms with Crippen molar-refractivity contribution in [2.75, 3.05) is 13.2 Å². The SMILES string of the molecule is O=C(COc1ccc(S(=O)(=O)N2CCC[C@@H]2C(=O)O)cc1)NC1CC1. The summed E-state index contributed by atoms with van der Waals surface area (Å²) in [5.74, 6) is -0.968. The van der Waals surface area contributed by atoms with Crippen LogP contribution < -0.4 is 10.1 Å². The molecule has 9 heteroatoms. The van der Waals surface area contributed by atoms with Crippen molar-refractivity contribution >= 4 is 21.9 Å². The number of nitrogens with one attached hydrogen (secondary N) is 1. The highest BCUT2D eigenvalue weighted by atomic mass is 32.2. The van der Waals surface area contributed by atoms with Crippen LogP contribution in [0.1, 0.15) is 25.7 Å². The number of nitrogens with zero attached hydrogens (tertiary/aromatic N) is 1. The lowest BCUT2D eigenvalue weighted by Gasteiger charge is -2.21. The van der Waals surface area contributed by atoms with Gasteiger partial charge in [0.15, 0.2) is 6.61 Å². The molecule has 0 radical (unpaired) electrons. The Hall–Kier alpha value is -2.13. The molecule has 25 heavy (non-hydrogen) atoms. The molecule has 1 saturated carbocycles. The van der Waals surface area contributed by atoms with Crippen molar-refractivity contribution in [2.45, 2.75) is 42.7 Å².